The molecule has 0 bridgehead atoms. The molecule has 2 aromatic carbocycles. The summed E-state index contributed by atoms with van der Waals surface area (Å²) in [6, 6.07) is 10.7. The summed E-state index contributed by atoms with van der Waals surface area (Å²) in [5, 5.41) is 12.4. The Balaban J connectivity index is 2.49. The van der Waals surface area contributed by atoms with Crippen LogP contribution in [0.1, 0.15) is 11.1 Å². The van der Waals surface area contributed by atoms with Crippen LogP contribution < -0.4 is 10.5 Å². The number of aryl methyl sites for hydroxylation is 1. The van der Waals surface area contributed by atoms with Gasteiger partial charge in [0.2, 0.25) is 0 Å². The average Bonchev–Trinajstić information content (AvgIpc) is 2.42. The topological polar surface area (TPSA) is 67.8 Å². The van der Waals surface area contributed by atoms with Gasteiger partial charge in [0.25, 0.3) is 0 Å². The van der Waals surface area contributed by atoms with Crippen molar-refractivity contribution in [2.24, 2.45) is 10.9 Å². The molecule has 0 fully saturated rings. The van der Waals surface area contributed by atoms with Crippen molar-refractivity contribution in [3.63, 3.8) is 0 Å². The van der Waals surface area contributed by atoms with E-state index in [2.05, 4.69) is 21.1 Å². The molecule has 2 aromatic rings. The number of ether oxygens (including phenoxy) is 1. The number of oxime groups is 1. The van der Waals surface area contributed by atoms with Crippen LogP contribution in [0.4, 0.5) is 0 Å². The summed E-state index contributed by atoms with van der Waals surface area (Å²) in [6.07, 6.45) is 0. The van der Waals surface area contributed by atoms with E-state index >= 15 is 0 Å². The molecular weight excluding hydrogens is 344 g/mol. The summed E-state index contributed by atoms with van der Waals surface area (Å²) in [5.41, 5.74) is 7.16. The molecule has 6 heteroatoms. The van der Waals surface area contributed by atoms with Crippen LogP contribution in [0, 0.1) is 6.92 Å². The lowest BCUT2D eigenvalue weighted by atomic mass is 10.2. The zero-order valence-corrected chi connectivity index (χ0v) is 12.9. The van der Waals surface area contributed by atoms with Crippen molar-refractivity contribution >= 4 is 33.4 Å². The van der Waals surface area contributed by atoms with Crippen molar-refractivity contribution in [2.45, 2.75) is 6.92 Å². The van der Waals surface area contributed by atoms with E-state index in [4.69, 9.17) is 27.3 Å². The highest BCUT2D eigenvalue weighted by Gasteiger charge is 2.14. The van der Waals surface area contributed by atoms with E-state index in [9.17, 15) is 0 Å². The first-order valence-electron chi connectivity index (χ1n) is 5.73. The first-order chi connectivity index (χ1) is 9.52. The molecule has 0 saturated heterocycles. The summed E-state index contributed by atoms with van der Waals surface area (Å²) < 4.78 is 6.45. The maximum Gasteiger partial charge on any atom is 0.175 e. The van der Waals surface area contributed by atoms with E-state index in [-0.39, 0.29) is 5.84 Å². The number of hydrogen-bond donors (Lipinski definition) is 2. The highest BCUT2D eigenvalue weighted by atomic mass is 79.9. The van der Waals surface area contributed by atoms with Gasteiger partial charge in [0, 0.05) is 4.47 Å². The number of halogens is 2. The largest absolute Gasteiger partial charge is 0.455 e. The number of rotatable bonds is 3. The molecule has 4 nitrogen and oxygen atoms in total. The molecule has 0 aromatic heterocycles. The fourth-order valence-corrected chi connectivity index (χ4v) is 2.40. The quantitative estimate of drug-likeness (QED) is 0.373. The highest BCUT2D eigenvalue weighted by Crippen LogP contribution is 2.34. The van der Waals surface area contributed by atoms with Gasteiger partial charge in [-0.1, -0.05) is 28.9 Å². The second-order valence-electron chi connectivity index (χ2n) is 4.13. The second kappa shape index (κ2) is 6.15. The normalized spacial score (nSPS) is 11.4. The SMILES string of the molecule is Cc1ccc(Cl)c(Oc2cccc(Br)c2/C(N)=N/O)c1. The first kappa shape index (κ1) is 14.7. The van der Waals surface area contributed by atoms with Crippen molar-refractivity contribution in [1.29, 1.82) is 0 Å². The minimum absolute atomic E-state index is 0.0451. The van der Waals surface area contributed by atoms with Crippen LogP contribution in [0.3, 0.4) is 0 Å². The van der Waals surface area contributed by atoms with Gasteiger partial charge in [0.15, 0.2) is 5.84 Å². The Hall–Kier alpha value is -1.72. The molecule has 0 aliphatic heterocycles. The molecule has 0 amide bonds. The first-order valence-corrected chi connectivity index (χ1v) is 6.90. The van der Waals surface area contributed by atoms with Gasteiger partial charge in [-0.05, 0) is 52.7 Å². The molecule has 0 saturated carbocycles. The van der Waals surface area contributed by atoms with Gasteiger partial charge in [-0.25, -0.2) is 0 Å². The van der Waals surface area contributed by atoms with Crippen LogP contribution in [-0.2, 0) is 0 Å². The zero-order valence-electron chi connectivity index (χ0n) is 10.6. The molecule has 0 radical (unpaired) electrons. The molecule has 0 unspecified atom stereocenters. The molecule has 0 heterocycles. The van der Waals surface area contributed by atoms with Gasteiger partial charge >= 0.3 is 0 Å². The Morgan fingerprint density at radius 3 is 2.75 bits per heavy atom. The van der Waals surface area contributed by atoms with Crippen molar-refractivity contribution in [2.75, 3.05) is 0 Å². The van der Waals surface area contributed by atoms with Crippen LogP contribution >= 0.6 is 27.5 Å². The summed E-state index contributed by atoms with van der Waals surface area (Å²) in [5.74, 6) is 0.912. The van der Waals surface area contributed by atoms with Crippen molar-refractivity contribution in [3.05, 3.63) is 57.0 Å². The van der Waals surface area contributed by atoms with Gasteiger partial charge in [0.1, 0.15) is 11.5 Å². The third-order valence-corrected chi connectivity index (χ3v) is 3.62. The second-order valence-corrected chi connectivity index (χ2v) is 5.40. The van der Waals surface area contributed by atoms with Crippen LogP contribution in [-0.4, -0.2) is 11.0 Å². The van der Waals surface area contributed by atoms with Gasteiger partial charge in [-0.15, -0.1) is 0 Å². The molecule has 0 spiro atoms. The fourth-order valence-electron chi connectivity index (χ4n) is 1.70. The van der Waals surface area contributed by atoms with Crippen molar-refractivity contribution in [1.82, 2.24) is 0 Å². The van der Waals surface area contributed by atoms with E-state index in [0.29, 0.717) is 26.6 Å². The Morgan fingerprint density at radius 1 is 1.30 bits per heavy atom. The minimum atomic E-state index is -0.0451. The lowest BCUT2D eigenvalue weighted by Crippen LogP contribution is -2.15. The third kappa shape index (κ3) is 3.05. The van der Waals surface area contributed by atoms with Crippen LogP contribution in [0.15, 0.2) is 46.0 Å². The van der Waals surface area contributed by atoms with Crippen LogP contribution in [0.25, 0.3) is 0 Å². The molecule has 20 heavy (non-hydrogen) atoms. The van der Waals surface area contributed by atoms with E-state index in [0.717, 1.165) is 5.56 Å². The fraction of sp³-hybridized carbons (Fsp3) is 0.0714. The number of nitrogens with two attached hydrogens (primary N) is 1. The summed E-state index contributed by atoms with van der Waals surface area (Å²) in [4.78, 5) is 0. The monoisotopic (exact) mass is 354 g/mol. The van der Waals surface area contributed by atoms with E-state index in [1.165, 1.54) is 0 Å². The van der Waals surface area contributed by atoms with Crippen molar-refractivity contribution in [3.8, 4) is 11.5 Å². The molecule has 0 aliphatic carbocycles. The molecule has 3 N–H and O–H groups in total. The number of nitrogens with zero attached hydrogens (tertiary/aromatic N) is 1. The predicted octanol–water partition coefficient (Wildman–Crippen LogP) is 4.30. The third-order valence-electron chi connectivity index (χ3n) is 2.65. The molecule has 2 rings (SSSR count). The van der Waals surface area contributed by atoms with Crippen LogP contribution in [0.2, 0.25) is 5.02 Å². The van der Waals surface area contributed by atoms with Crippen molar-refractivity contribution < 1.29 is 9.94 Å². The lowest BCUT2D eigenvalue weighted by molar-refractivity contribution is 0.318. The van der Waals surface area contributed by atoms with E-state index < -0.39 is 0 Å². The number of amidine groups is 1. The Labute approximate surface area is 129 Å². The number of hydrogen-bond acceptors (Lipinski definition) is 3. The van der Waals surface area contributed by atoms with Gasteiger partial charge < -0.3 is 15.7 Å². The van der Waals surface area contributed by atoms with Gasteiger partial charge in [0.05, 0.1) is 10.6 Å². The molecule has 0 atom stereocenters. The highest BCUT2D eigenvalue weighted by molar-refractivity contribution is 9.10. The smallest absolute Gasteiger partial charge is 0.175 e. The molecule has 0 aliphatic rings. The average molecular weight is 356 g/mol. The lowest BCUT2D eigenvalue weighted by Gasteiger charge is -2.13. The molecule has 104 valence electrons. The maximum atomic E-state index is 8.86. The van der Waals surface area contributed by atoms with Gasteiger partial charge in [-0.2, -0.15) is 0 Å². The Bertz CT molecular complexity index is 674. The van der Waals surface area contributed by atoms with Gasteiger partial charge in [-0.3, -0.25) is 0 Å². The zero-order chi connectivity index (χ0) is 14.7. The summed E-state index contributed by atoms with van der Waals surface area (Å²) >= 11 is 9.45. The van der Waals surface area contributed by atoms with E-state index in [1.54, 1.807) is 24.3 Å². The van der Waals surface area contributed by atoms with Crippen LogP contribution in [0.5, 0.6) is 11.5 Å². The Morgan fingerprint density at radius 2 is 2.05 bits per heavy atom. The summed E-state index contributed by atoms with van der Waals surface area (Å²) in [6.45, 7) is 1.94. The predicted molar refractivity (Wildman–Crippen MR) is 82.9 cm³/mol. The number of benzene rings is 2. The minimum Gasteiger partial charge on any atom is -0.455 e. The Kier molecular flexibility index (Phi) is 4.52. The summed E-state index contributed by atoms with van der Waals surface area (Å²) in [7, 11) is 0. The van der Waals surface area contributed by atoms with E-state index in [1.807, 2.05) is 19.1 Å². The standard InChI is InChI=1S/C14H12BrClN2O2/c1-8-5-6-10(16)12(7-8)20-11-4-2-3-9(15)13(11)14(17)18-19/h2-7,19H,1H3,(H2,17,18). The molecular formula is C14H12BrClN2O2. The maximum absolute atomic E-state index is 8.86.